The van der Waals surface area contributed by atoms with E-state index >= 15 is 0 Å². The number of rotatable bonds is 25. The summed E-state index contributed by atoms with van der Waals surface area (Å²) in [4.78, 5) is 15.8. The molecule has 0 radical (unpaired) electrons. The second-order valence-electron chi connectivity index (χ2n) is 9.42. The third-order valence-corrected chi connectivity index (χ3v) is 4.88. The molecule has 37 heavy (non-hydrogen) atoms. The van der Waals surface area contributed by atoms with Crippen LogP contribution in [0.3, 0.4) is 0 Å². The highest BCUT2D eigenvalue weighted by molar-refractivity contribution is 5.67. The Hall–Kier alpha value is -1.45. The second kappa shape index (κ2) is 24.9. The summed E-state index contributed by atoms with van der Waals surface area (Å²) in [6.07, 6.45) is 6.95. The lowest BCUT2D eigenvalue weighted by molar-refractivity contribution is -0.00365. The molecule has 0 unspecified atom stereocenters. The van der Waals surface area contributed by atoms with Crippen LogP contribution in [0.25, 0.3) is 0 Å². The first kappa shape index (κ1) is 35.5. The lowest BCUT2D eigenvalue weighted by Crippen LogP contribution is -2.37. The van der Waals surface area contributed by atoms with Crippen molar-refractivity contribution >= 4 is 6.09 Å². The molecule has 10 nitrogen and oxygen atoms in total. The predicted octanol–water partition coefficient (Wildman–Crippen LogP) is 2.69. The number of carbonyl (C=O) groups excluding carboxylic acids is 1. The molecule has 0 fully saturated rings. The van der Waals surface area contributed by atoms with Crippen LogP contribution in [0.15, 0.2) is 0 Å². The Balaban J connectivity index is 3.97. The van der Waals surface area contributed by atoms with E-state index in [-0.39, 0.29) is 6.09 Å². The molecular formula is C27H52N2O8. The normalized spacial score (nSPS) is 11.6. The van der Waals surface area contributed by atoms with Crippen molar-refractivity contribution in [3.8, 4) is 12.3 Å². The molecule has 0 spiro atoms. The monoisotopic (exact) mass is 532 g/mol. The van der Waals surface area contributed by atoms with Gasteiger partial charge in [0, 0.05) is 39.8 Å². The van der Waals surface area contributed by atoms with Crippen LogP contribution in [0.5, 0.6) is 0 Å². The molecule has 0 saturated carbocycles. The summed E-state index contributed by atoms with van der Waals surface area (Å²) in [5, 5.41) is 0. The fraction of sp³-hybridized carbons (Fsp3) is 0.889. The molecular weight excluding hydrogens is 480 g/mol. The summed E-state index contributed by atoms with van der Waals surface area (Å²) in [5.74, 6) is 2.41. The van der Waals surface area contributed by atoms with E-state index in [4.69, 9.17) is 39.6 Å². The van der Waals surface area contributed by atoms with Crippen molar-refractivity contribution in [1.29, 1.82) is 0 Å². The minimum absolute atomic E-state index is 0.307. The number of hydrogen-bond donors (Lipinski definition) is 0. The summed E-state index contributed by atoms with van der Waals surface area (Å²) in [5.41, 5.74) is -0.507. The van der Waals surface area contributed by atoms with E-state index in [0.29, 0.717) is 79.2 Å². The van der Waals surface area contributed by atoms with Crippen molar-refractivity contribution in [2.45, 2.75) is 46.1 Å². The maximum Gasteiger partial charge on any atom is 0.410 e. The Morgan fingerprint density at radius 1 is 0.703 bits per heavy atom. The molecule has 0 N–H and O–H groups in total. The molecule has 218 valence electrons. The average molecular weight is 533 g/mol. The number of terminal acetylenes is 1. The molecule has 10 heteroatoms. The van der Waals surface area contributed by atoms with Gasteiger partial charge in [-0.25, -0.2) is 4.79 Å². The van der Waals surface area contributed by atoms with Gasteiger partial charge in [0.25, 0.3) is 0 Å². The first-order valence-electron chi connectivity index (χ1n) is 13.4. The van der Waals surface area contributed by atoms with E-state index in [2.05, 4.69) is 17.7 Å². The summed E-state index contributed by atoms with van der Waals surface area (Å²) in [7, 11) is 1.71. The van der Waals surface area contributed by atoms with Crippen LogP contribution in [0, 0.1) is 12.3 Å². The molecule has 1 amide bonds. The molecule has 0 heterocycles. The van der Waals surface area contributed by atoms with Crippen molar-refractivity contribution < 1.29 is 38.0 Å². The molecule has 0 aromatic carbocycles. The van der Waals surface area contributed by atoms with Crippen molar-refractivity contribution in [2.24, 2.45) is 0 Å². The molecule has 0 aromatic rings. The van der Waals surface area contributed by atoms with E-state index < -0.39 is 5.60 Å². The van der Waals surface area contributed by atoms with Crippen LogP contribution in [0.1, 0.15) is 40.5 Å². The summed E-state index contributed by atoms with van der Waals surface area (Å²) in [6.45, 7) is 17.0. The number of ether oxygens (including phenoxy) is 7. The highest BCUT2D eigenvalue weighted by Crippen LogP contribution is 2.08. The molecule has 0 rings (SSSR count). The summed E-state index contributed by atoms with van der Waals surface area (Å²) < 4.78 is 38.6. The second-order valence-corrected chi connectivity index (χ2v) is 9.42. The van der Waals surface area contributed by atoms with Crippen LogP contribution in [-0.2, 0) is 33.2 Å². The van der Waals surface area contributed by atoms with Gasteiger partial charge in [-0.1, -0.05) is 19.3 Å². The van der Waals surface area contributed by atoms with E-state index in [9.17, 15) is 4.79 Å². The van der Waals surface area contributed by atoms with Gasteiger partial charge in [-0.15, -0.1) is 6.42 Å². The SMILES string of the molecule is C#CCOCCOCCOCCOCCN(CCOCCCC)CCOCCN(C)C(=O)OC(C)(C)C. The average Bonchev–Trinajstić information content (AvgIpc) is 2.84. The minimum Gasteiger partial charge on any atom is -0.444 e. The van der Waals surface area contributed by atoms with Crippen LogP contribution >= 0.6 is 0 Å². The molecule has 0 aromatic heterocycles. The molecule has 0 aliphatic heterocycles. The smallest absolute Gasteiger partial charge is 0.410 e. The third-order valence-electron chi connectivity index (χ3n) is 4.88. The van der Waals surface area contributed by atoms with Gasteiger partial charge in [-0.2, -0.15) is 0 Å². The van der Waals surface area contributed by atoms with Gasteiger partial charge >= 0.3 is 6.09 Å². The Morgan fingerprint density at radius 3 is 1.62 bits per heavy atom. The molecule has 0 aliphatic carbocycles. The van der Waals surface area contributed by atoms with Gasteiger partial charge < -0.3 is 38.1 Å². The first-order chi connectivity index (χ1) is 17.8. The van der Waals surface area contributed by atoms with Gasteiger partial charge in [0.2, 0.25) is 0 Å². The maximum absolute atomic E-state index is 12.0. The van der Waals surface area contributed by atoms with Crippen molar-refractivity contribution in [3.63, 3.8) is 0 Å². The topological polar surface area (TPSA) is 88.2 Å². The minimum atomic E-state index is -0.507. The standard InChI is InChI=1S/C27H52N2O8/c1-7-9-15-32-17-11-29(12-18-33-16-10-28(6)26(30)37-27(3,4)5)13-19-34-21-23-36-25-24-35-22-20-31-14-8-2/h2H,7,9-25H2,1,3-6H3. The van der Waals surface area contributed by atoms with Gasteiger partial charge in [0.1, 0.15) is 12.2 Å². The number of hydrogen-bond acceptors (Lipinski definition) is 9. The number of nitrogens with zero attached hydrogens (tertiary/aromatic N) is 2. The van der Waals surface area contributed by atoms with E-state index in [0.717, 1.165) is 39.1 Å². The highest BCUT2D eigenvalue weighted by Gasteiger charge is 2.19. The Kier molecular flexibility index (Phi) is 23.9. The largest absolute Gasteiger partial charge is 0.444 e. The van der Waals surface area contributed by atoms with Crippen LogP contribution in [0.2, 0.25) is 0 Å². The zero-order valence-electron chi connectivity index (χ0n) is 24.0. The first-order valence-corrected chi connectivity index (χ1v) is 13.4. The third kappa shape index (κ3) is 26.0. The van der Waals surface area contributed by atoms with E-state index in [1.807, 2.05) is 20.8 Å². The number of likely N-dealkylation sites (N-methyl/N-ethyl adjacent to an activating group) is 1. The fourth-order valence-electron chi connectivity index (χ4n) is 2.79. The van der Waals surface area contributed by atoms with Gasteiger partial charge in [0.05, 0.1) is 66.1 Å². The van der Waals surface area contributed by atoms with Gasteiger partial charge in [-0.05, 0) is 27.2 Å². The zero-order chi connectivity index (χ0) is 27.6. The lowest BCUT2D eigenvalue weighted by Gasteiger charge is -2.25. The number of unbranched alkanes of at least 4 members (excludes halogenated alkanes) is 1. The predicted molar refractivity (Wildman–Crippen MR) is 144 cm³/mol. The Labute approximate surface area is 225 Å². The van der Waals surface area contributed by atoms with Crippen LogP contribution < -0.4 is 0 Å². The lowest BCUT2D eigenvalue weighted by atomic mass is 10.2. The number of amides is 1. The van der Waals surface area contributed by atoms with E-state index in [1.54, 1.807) is 7.05 Å². The molecule has 0 bridgehead atoms. The quantitative estimate of drug-likeness (QED) is 0.130. The van der Waals surface area contributed by atoms with Crippen LogP contribution in [0.4, 0.5) is 4.79 Å². The van der Waals surface area contributed by atoms with E-state index in [1.165, 1.54) is 4.90 Å². The summed E-state index contributed by atoms with van der Waals surface area (Å²) >= 11 is 0. The molecule has 0 atom stereocenters. The van der Waals surface area contributed by atoms with Crippen molar-refractivity contribution in [2.75, 3.05) is 113 Å². The van der Waals surface area contributed by atoms with Crippen molar-refractivity contribution in [1.82, 2.24) is 9.80 Å². The Bertz CT molecular complexity index is 566. The van der Waals surface area contributed by atoms with Gasteiger partial charge in [-0.3, -0.25) is 4.90 Å². The Morgan fingerprint density at radius 2 is 1.14 bits per heavy atom. The number of carbonyl (C=O) groups is 1. The van der Waals surface area contributed by atoms with Gasteiger partial charge in [0.15, 0.2) is 0 Å². The molecule has 0 saturated heterocycles. The highest BCUT2D eigenvalue weighted by atomic mass is 16.6. The maximum atomic E-state index is 12.0. The summed E-state index contributed by atoms with van der Waals surface area (Å²) in [6, 6.07) is 0. The van der Waals surface area contributed by atoms with Crippen molar-refractivity contribution in [3.05, 3.63) is 0 Å². The zero-order valence-corrected chi connectivity index (χ0v) is 24.0. The fourth-order valence-corrected chi connectivity index (χ4v) is 2.79. The van der Waals surface area contributed by atoms with Crippen LogP contribution in [-0.4, -0.2) is 134 Å². The molecule has 0 aliphatic rings.